The standard InChI is InChI=1S/C23H37N5O2.HI/c1-24-23(25-15-20(27(2)3)19-11-7-8-12-21(19)30-4)26-18-13-14-28(16-18)22(29)17-9-5-6-10-17;/h7-8,11-12,17-18,20H,5-6,9-10,13-16H2,1-4H3,(H2,24,25,26);1H. The molecule has 7 nitrogen and oxygen atoms in total. The van der Waals surface area contributed by atoms with Crippen molar-refractivity contribution >= 4 is 35.8 Å². The van der Waals surface area contributed by atoms with Crippen molar-refractivity contribution in [1.82, 2.24) is 20.4 Å². The average Bonchev–Trinajstić information content (AvgIpc) is 3.45. The van der Waals surface area contributed by atoms with Gasteiger partial charge in [-0.1, -0.05) is 31.0 Å². The highest BCUT2D eigenvalue weighted by atomic mass is 127. The number of carbonyl (C=O) groups is 1. The summed E-state index contributed by atoms with van der Waals surface area (Å²) < 4.78 is 5.56. The van der Waals surface area contributed by atoms with Crippen LogP contribution in [0.1, 0.15) is 43.7 Å². The molecular formula is C23H38IN5O2. The summed E-state index contributed by atoms with van der Waals surface area (Å²) in [5.41, 5.74) is 1.14. The fourth-order valence-electron chi connectivity index (χ4n) is 4.60. The molecule has 2 fully saturated rings. The van der Waals surface area contributed by atoms with E-state index in [-0.39, 0.29) is 42.0 Å². The van der Waals surface area contributed by atoms with Crippen molar-refractivity contribution in [3.8, 4) is 5.75 Å². The Morgan fingerprint density at radius 2 is 1.97 bits per heavy atom. The summed E-state index contributed by atoms with van der Waals surface area (Å²) in [6.07, 6.45) is 5.48. The van der Waals surface area contributed by atoms with Gasteiger partial charge in [0.15, 0.2) is 5.96 Å². The molecule has 0 spiro atoms. The maximum Gasteiger partial charge on any atom is 0.225 e. The van der Waals surface area contributed by atoms with Gasteiger partial charge in [-0.3, -0.25) is 9.79 Å². The Kier molecular flexibility index (Phi) is 10.3. The number of likely N-dealkylation sites (tertiary alicyclic amines) is 1. The van der Waals surface area contributed by atoms with Crippen LogP contribution >= 0.6 is 24.0 Å². The number of methoxy groups -OCH3 is 1. The molecule has 8 heteroatoms. The highest BCUT2D eigenvalue weighted by Crippen LogP contribution is 2.28. The number of halogens is 1. The SMILES string of the molecule is CN=C(NCC(c1ccccc1OC)N(C)C)NC1CCN(C(=O)C2CCCC2)C1.I. The number of aliphatic imine (C=N–C) groups is 1. The minimum Gasteiger partial charge on any atom is -0.496 e. The molecule has 1 amide bonds. The Morgan fingerprint density at radius 3 is 2.61 bits per heavy atom. The Bertz CT molecular complexity index is 736. The third-order valence-corrected chi connectivity index (χ3v) is 6.35. The maximum atomic E-state index is 12.7. The number of hydrogen-bond donors (Lipinski definition) is 2. The quantitative estimate of drug-likeness (QED) is 0.315. The van der Waals surface area contributed by atoms with E-state index in [0.29, 0.717) is 12.5 Å². The van der Waals surface area contributed by atoms with Crippen molar-refractivity contribution in [1.29, 1.82) is 0 Å². The fourth-order valence-corrected chi connectivity index (χ4v) is 4.60. The molecule has 1 aliphatic carbocycles. The number of likely N-dealkylation sites (N-methyl/N-ethyl adjacent to an activating group) is 1. The van der Waals surface area contributed by atoms with E-state index in [9.17, 15) is 4.79 Å². The fraction of sp³-hybridized carbons (Fsp3) is 0.652. The Hall–Kier alpha value is -1.55. The van der Waals surface area contributed by atoms with Gasteiger partial charge in [-0.15, -0.1) is 24.0 Å². The molecule has 3 rings (SSSR count). The summed E-state index contributed by atoms with van der Waals surface area (Å²) in [6, 6.07) is 8.50. The monoisotopic (exact) mass is 543 g/mol. The van der Waals surface area contributed by atoms with Crippen molar-refractivity contribution in [3.05, 3.63) is 29.8 Å². The summed E-state index contributed by atoms with van der Waals surface area (Å²) in [5, 5.41) is 6.98. The zero-order valence-electron chi connectivity index (χ0n) is 19.3. The molecule has 0 aromatic heterocycles. The van der Waals surface area contributed by atoms with E-state index >= 15 is 0 Å². The van der Waals surface area contributed by atoms with Crippen LogP contribution in [0.2, 0.25) is 0 Å². The first-order valence-electron chi connectivity index (χ1n) is 11.1. The van der Waals surface area contributed by atoms with Crippen molar-refractivity contribution in [2.75, 3.05) is 47.9 Å². The molecule has 0 radical (unpaired) electrons. The molecule has 31 heavy (non-hydrogen) atoms. The molecule has 1 aromatic carbocycles. The first-order valence-corrected chi connectivity index (χ1v) is 11.1. The normalized spacial score (nSPS) is 20.5. The van der Waals surface area contributed by atoms with Gasteiger partial charge < -0.3 is 25.2 Å². The molecule has 1 aliphatic heterocycles. The summed E-state index contributed by atoms with van der Waals surface area (Å²) in [4.78, 5) is 21.3. The number of para-hydroxylation sites is 1. The molecule has 2 atom stereocenters. The number of nitrogens with zero attached hydrogens (tertiary/aromatic N) is 3. The summed E-state index contributed by atoms with van der Waals surface area (Å²) in [5.74, 6) is 2.27. The second kappa shape index (κ2) is 12.5. The number of ether oxygens (including phenoxy) is 1. The first kappa shape index (κ1) is 25.7. The second-order valence-electron chi connectivity index (χ2n) is 8.57. The number of guanidine groups is 1. The number of amides is 1. The second-order valence-corrected chi connectivity index (χ2v) is 8.57. The molecule has 174 valence electrons. The number of carbonyl (C=O) groups excluding carboxylic acids is 1. The molecule has 1 heterocycles. The van der Waals surface area contributed by atoms with Crippen molar-refractivity contribution in [2.24, 2.45) is 10.9 Å². The number of benzene rings is 1. The summed E-state index contributed by atoms with van der Waals surface area (Å²) in [7, 11) is 7.63. The van der Waals surface area contributed by atoms with Gasteiger partial charge in [-0.05, 0) is 39.4 Å². The first-order chi connectivity index (χ1) is 14.5. The van der Waals surface area contributed by atoms with E-state index in [2.05, 4.69) is 40.7 Å². The summed E-state index contributed by atoms with van der Waals surface area (Å²) >= 11 is 0. The molecule has 2 aliphatic rings. The molecule has 0 bridgehead atoms. The van der Waals surface area contributed by atoms with Crippen molar-refractivity contribution < 1.29 is 9.53 Å². The van der Waals surface area contributed by atoms with Crippen LogP contribution in [0.4, 0.5) is 0 Å². The zero-order chi connectivity index (χ0) is 21.5. The van der Waals surface area contributed by atoms with Gasteiger partial charge in [0.2, 0.25) is 5.91 Å². The molecule has 2 unspecified atom stereocenters. The van der Waals surface area contributed by atoms with Gasteiger partial charge in [0.25, 0.3) is 0 Å². The molecular weight excluding hydrogens is 505 g/mol. The topological polar surface area (TPSA) is 69.2 Å². The Morgan fingerprint density at radius 1 is 1.26 bits per heavy atom. The lowest BCUT2D eigenvalue weighted by molar-refractivity contribution is -0.134. The molecule has 1 saturated heterocycles. The van der Waals surface area contributed by atoms with Gasteiger partial charge in [-0.2, -0.15) is 0 Å². The smallest absolute Gasteiger partial charge is 0.225 e. The van der Waals surface area contributed by atoms with Gasteiger partial charge in [0.1, 0.15) is 5.75 Å². The molecule has 1 aromatic rings. The van der Waals surface area contributed by atoms with Crippen LogP contribution in [0.3, 0.4) is 0 Å². The van der Waals surface area contributed by atoms with E-state index in [1.807, 2.05) is 23.1 Å². The molecule has 1 saturated carbocycles. The van der Waals surface area contributed by atoms with E-state index in [1.54, 1.807) is 14.2 Å². The minimum atomic E-state index is 0. The largest absolute Gasteiger partial charge is 0.496 e. The highest BCUT2D eigenvalue weighted by molar-refractivity contribution is 14.0. The van der Waals surface area contributed by atoms with Gasteiger partial charge in [0.05, 0.1) is 13.2 Å². The van der Waals surface area contributed by atoms with Crippen molar-refractivity contribution in [3.63, 3.8) is 0 Å². The lowest BCUT2D eigenvalue weighted by Crippen LogP contribution is -2.47. The third-order valence-electron chi connectivity index (χ3n) is 6.35. The number of nitrogens with one attached hydrogen (secondary N) is 2. The number of hydrogen-bond acceptors (Lipinski definition) is 4. The van der Waals surface area contributed by atoms with Crippen LogP contribution < -0.4 is 15.4 Å². The van der Waals surface area contributed by atoms with Crippen LogP contribution in [-0.2, 0) is 4.79 Å². The summed E-state index contributed by atoms with van der Waals surface area (Å²) in [6.45, 7) is 2.30. The zero-order valence-corrected chi connectivity index (χ0v) is 21.6. The predicted molar refractivity (Wildman–Crippen MR) is 136 cm³/mol. The van der Waals surface area contributed by atoms with E-state index < -0.39 is 0 Å². The third kappa shape index (κ3) is 6.71. The predicted octanol–water partition coefficient (Wildman–Crippen LogP) is 2.87. The van der Waals surface area contributed by atoms with E-state index in [1.165, 1.54) is 12.8 Å². The van der Waals surface area contributed by atoms with Crippen molar-refractivity contribution in [2.45, 2.75) is 44.2 Å². The van der Waals surface area contributed by atoms with Gasteiger partial charge in [-0.25, -0.2) is 0 Å². The van der Waals surface area contributed by atoms with Crippen LogP contribution in [0, 0.1) is 5.92 Å². The van der Waals surface area contributed by atoms with Gasteiger partial charge in [0, 0.05) is 44.2 Å². The minimum absolute atomic E-state index is 0. The average molecular weight is 543 g/mol. The van der Waals surface area contributed by atoms with Crippen LogP contribution in [0.15, 0.2) is 29.3 Å². The lowest BCUT2D eigenvalue weighted by atomic mass is 10.0. The Balaban J connectivity index is 0.00000341. The molecule has 2 N–H and O–H groups in total. The lowest BCUT2D eigenvalue weighted by Gasteiger charge is -2.28. The van der Waals surface area contributed by atoms with E-state index in [4.69, 9.17) is 4.74 Å². The van der Waals surface area contributed by atoms with Crippen LogP contribution in [-0.4, -0.2) is 75.6 Å². The maximum absolute atomic E-state index is 12.7. The van der Waals surface area contributed by atoms with Gasteiger partial charge >= 0.3 is 0 Å². The van der Waals surface area contributed by atoms with E-state index in [0.717, 1.165) is 49.6 Å². The number of rotatable bonds is 7. The van der Waals surface area contributed by atoms with Crippen LogP contribution in [0.5, 0.6) is 5.75 Å². The van der Waals surface area contributed by atoms with Crippen LogP contribution in [0.25, 0.3) is 0 Å². The highest BCUT2D eigenvalue weighted by Gasteiger charge is 2.32. The Labute approximate surface area is 204 Å².